The SMILES string of the molecule is Fc1cnccc1Nc1nc(-c2ccccn2)nc2[nH]ccc12. The number of aromatic amines is 1. The standard InChI is InChI=1S/C16H11FN6/c17-11-9-18-7-5-12(11)21-15-10-4-8-20-14(10)22-16(23-15)13-3-1-2-6-19-13/h1-9H,(H2,18,20,21,22,23). The Bertz CT molecular complexity index is 967. The number of pyridine rings is 2. The second-order valence-electron chi connectivity index (χ2n) is 4.83. The Morgan fingerprint density at radius 1 is 1.04 bits per heavy atom. The number of halogens is 1. The number of anilines is 2. The molecule has 2 N–H and O–H groups in total. The molecule has 0 amide bonds. The summed E-state index contributed by atoms with van der Waals surface area (Å²) in [6.07, 6.45) is 6.10. The summed E-state index contributed by atoms with van der Waals surface area (Å²) in [6, 6.07) is 8.89. The van der Waals surface area contributed by atoms with Crippen molar-refractivity contribution in [2.75, 3.05) is 5.32 Å². The first kappa shape index (κ1) is 13.3. The summed E-state index contributed by atoms with van der Waals surface area (Å²) in [7, 11) is 0. The third-order valence-electron chi connectivity index (χ3n) is 3.34. The molecule has 0 aliphatic carbocycles. The molecule has 0 atom stereocenters. The highest BCUT2D eigenvalue weighted by Gasteiger charge is 2.12. The monoisotopic (exact) mass is 306 g/mol. The first-order chi connectivity index (χ1) is 11.3. The zero-order valence-corrected chi connectivity index (χ0v) is 11.9. The fraction of sp³-hybridized carbons (Fsp3) is 0. The Labute approximate surface area is 130 Å². The van der Waals surface area contributed by atoms with Crippen LogP contribution in [0.25, 0.3) is 22.6 Å². The van der Waals surface area contributed by atoms with Crippen molar-refractivity contribution in [1.82, 2.24) is 24.9 Å². The molecular weight excluding hydrogens is 295 g/mol. The fourth-order valence-corrected chi connectivity index (χ4v) is 2.25. The van der Waals surface area contributed by atoms with E-state index in [0.717, 1.165) is 11.6 Å². The van der Waals surface area contributed by atoms with E-state index < -0.39 is 5.82 Å². The van der Waals surface area contributed by atoms with E-state index in [1.54, 1.807) is 18.5 Å². The predicted molar refractivity (Wildman–Crippen MR) is 84.6 cm³/mol. The zero-order valence-electron chi connectivity index (χ0n) is 11.9. The van der Waals surface area contributed by atoms with Crippen molar-refractivity contribution in [3.8, 4) is 11.5 Å². The molecule has 4 heterocycles. The number of nitrogens with one attached hydrogen (secondary N) is 2. The fourth-order valence-electron chi connectivity index (χ4n) is 2.25. The normalized spacial score (nSPS) is 10.8. The molecule has 4 aromatic heterocycles. The number of nitrogens with zero attached hydrogens (tertiary/aromatic N) is 4. The summed E-state index contributed by atoms with van der Waals surface area (Å²) in [5, 5.41) is 3.76. The minimum absolute atomic E-state index is 0.299. The van der Waals surface area contributed by atoms with Gasteiger partial charge in [0.1, 0.15) is 17.2 Å². The van der Waals surface area contributed by atoms with Crippen molar-refractivity contribution in [3.63, 3.8) is 0 Å². The van der Waals surface area contributed by atoms with Gasteiger partial charge in [-0.15, -0.1) is 0 Å². The van der Waals surface area contributed by atoms with E-state index in [1.165, 1.54) is 6.20 Å². The van der Waals surface area contributed by atoms with E-state index in [0.29, 0.717) is 28.7 Å². The number of fused-ring (bicyclic) bond motifs is 1. The van der Waals surface area contributed by atoms with Crippen LogP contribution in [0.5, 0.6) is 0 Å². The maximum Gasteiger partial charge on any atom is 0.182 e. The average molecular weight is 306 g/mol. The topological polar surface area (TPSA) is 79.4 Å². The van der Waals surface area contributed by atoms with Crippen LogP contribution in [0.1, 0.15) is 0 Å². The minimum Gasteiger partial charge on any atom is -0.346 e. The van der Waals surface area contributed by atoms with Crippen LogP contribution in [0.3, 0.4) is 0 Å². The Morgan fingerprint density at radius 2 is 2.00 bits per heavy atom. The van der Waals surface area contributed by atoms with Gasteiger partial charge in [0, 0.05) is 18.6 Å². The lowest BCUT2D eigenvalue weighted by Gasteiger charge is -2.09. The molecule has 0 radical (unpaired) electrons. The van der Waals surface area contributed by atoms with E-state index in [4.69, 9.17) is 0 Å². The van der Waals surface area contributed by atoms with Gasteiger partial charge in [0.05, 0.1) is 17.3 Å². The molecular formula is C16H11FN6. The van der Waals surface area contributed by atoms with Gasteiger partial charge < -0.3 is 10.3 Å². The summed E-state index contributed by atoms with van der Waals surface area (Å²) >= 11 is 0. The quantitative estimate of drug-likeness (QED) is 0.607. The van der Waals surface area contributed by atoms with Crippen LogP contribution in [0.4, 0.5) is 15.9 Å². The van der Waals surface area contributed by atoms with Gasteiger partial charge in [-0.25, -0.2) is 14.4 Å². The molecule has 6 nitrogen and oxygen atoms in total. The number of hydrogen-bond acceptors (Lipinski definition) is 5. The second-order valence-corrected chi connectivity index (χ2v) is 4.83. The molecule has 23 heavy (non-hydrogen) atoms. The molecule has 0 bridgehead atoms. The molecule has 0 aliphatic rings. The first-order valence-corrected chi connectivity index (χ1v) is 6.94. The molecule has 4 aromatic rings. The Balaban J connectivity index is 1.85. The van der Waals surface area contributed by atoms with Crippen molar-refractivity contribution in [3.05, 3.63) is 60.9 Å². The van der Waals surface area contributed by atoms with Gasteiger partial charge in [-0.2, -0.15) is 0 Å². The molecule has 7 heteroatoms. The van der Waals surface area contributed by atoms with Crippen LogP contribution < -0.4 is 5.32 Å². The van der Waals surface area contributed by atoms with Gasteiger partial charge in [0.2, 0.25) is 0 Å². The Hall–Kier alpha value is -3.35. The molecule has 112 valence electrons. The smallest absolute Gasteiger partial charge is 0.182 e. The number of rotatable bonds is 3. The van der Waals surface area contributed by atoms with Crippen molar-refractivity contribution in [2.45, 2.75) is 0 Å². The highest BCUT2D eigenvalue weighted by Crippen LogP contribution is 2.26. The highest BCUT2D eigenvalue weighted by atomic mass is 19.1. The number of H-pyrrole nitrogens is 1. The summed E-state index contributed by atoms with van der Waals surface area (Å²) in [5.74, 6) is 0.508. The molecule has 0 aliphatic heterocycles. The van der Waals surface area contributed by atoms with Gasteiger partial charge in [-0.05, 0) is 24.3 Å². The third-order valence-corrected chi connectivity index (χ3v) is 3.34. The van der Waals surface area contributed by atoms with Crippen LogP contribution in [-0.2, 0) is 0 Å². The number of hydrogen-bond donors (Lipinski definition) is 2. The zero-order chi connectivity index (χ0) is 15.6. The number of aromatic nitrogens is 5. The summed E-state index contributed by atoms with van der Waals surface area (Å²) < 4.78 is 13.8. The maximum absolute atomic E-state index is 13.8. The molecule has 0 fully saturated rings. The van der Waals surface area contributed by atoms with Gasteiger partial charge in [-0.3, -0.25) is 9.97 Å². The summed E-state index contributed by atoms with van der Waals surface area (Å²) in [5.41, 5.74) is 1.59. The summed E-state index contributed by atoms with van der Waals surface area (Å²) in [6.45, 7) is 0. The third kappa shape index (κ3) is 2.48. The Morgan fingerprint density at radius 3 is 2.83 bits per heavy atom. The van der Waals surface area contributed by atoms with Crippen LogP contribution >= 0.6 is 0 Å². The van der Waals surface area contributed by atoms with E-state index in [1.807, 2.05) is 24.3 Å². The van der Waals surface area contributed by atoms with Crippen LogP contribution in [-0.4, -0.2) is 24.9 Å². The van der Waals surface area contributed by atoms with Crippen LogP contribution in [0, 0.1) is 5.82 Å². The Kier molecular flexibility index (Phi) is 3.16. The molecule has 0 saturated carbocycles. The van der Waals surface area contributed by atoms with E-state index >= 15 is 0 Å². The molecule has 0 spiro atoms. The van der Waals surface area contributed by atoms with Gasteiger partial charge in [0.25, 0.3) is 0 Å². The summed E-state index contributed by atoms with van der Waals surface area (Å²) in [4.78, 5) is 20.0. The lowest BCUT2D eigenvalue weighted by atomic mass is 10.3. The average Bonchev–Trinajstić information content (AvgIpc) is 3.06. The van der Waals surface area contributed by atoms with Crippen LogP contribution in [0.15, 0.2) is 55.1 Å². The van der Waals surface area contributed by atoms with Crippen molar-refractivity contribution >= 4 is 22.5 Å². The van der Waals surface area contributed by atoms with E-state index in [2.05, 4.69) is 30.2 Å². The highest BCUT2D eigenvalue weighted by molar-refractivity contribution is 5.90. The molecule has 0 unspecified atom stereocenters. The van der Waals surface area contributed by atoms with E-state index in [9.17, 15) is 4.39 Å². The predicted octanol–water partition coefficient (Wildman–Crippen LogP) is 3.30. The van der Waals surface area contributed by atoms with Crippen molar-refractivity contribution in [1.29, 1.82) is 0 Å². The lowest BCUT2D eigenvalue weighted by molar-refractivity contribution is 0.625. The van der Waals surface area contributed by atoms with Crippen molar-refractivity contribution < 1.29 is 4.39 Å². The van der Waals surface area contributed by atoms with Crippen LogP contribution in [0.2, 0.25) is 0 Å². The van der Waals surface area contributed by atoms with Gasteiger partial charge >= 0.3 is 0 Å². The first-order valence-electron chi connectivity index (χ1n) is 6.94. The minimum atomic E-state index is -0.450. The molecule has 4 rings (SSSR count). The second kappa shape index (κ2) is 5.45. The lowest BCUT2D eigenvalue weighted by Crippen LogP contribution is -2.01. The van der Waals surface area contributed by atoms with Gasteiger partial charge in [0.15, 0.2) is 11.6 Å². The molecule has 0 saturated heterocycles. The van der Waals surface area contributed by atoms with Gasteiger partial charge in [-0.1, -0.05) is 6.07 Å². The maximum atomic E-state index is 13.8. The van der Waals surface area contributed by atoms with Crippen molar-refractivity contribution in [2.24, 2.45) is 0 Å². The molecule has 0 aromatic carbocycles. The largest absolute Gasteiger partial charge is 0.346 e. The van der Waals surface area contributed by atoms with E-state index in [-0.39, 0.29) is 0 Å².